The predicted octanol–water partition coefficient (Wildman–Crippen LogP) is 3.99. The van der Waals surface area contributed by atoms with Crippen LogP contribution in [-0.4, -0.2) is 4.33 Å². The van der Waals surface area contributed by atoms with Crippen LogP contribution in [0.15, 0.2) is 30.8 Å². The molecule has 1 saturated carbocycles. The molecule has 1 aliphatic carbocycles. The zero-order valence-electron chi connectivity index (χ0n) is 7.13. The van der Waals surface area contributed by atoms with E-state index >= 15 is 0 Å². The van der Waals surface area contributed by atoms with Gasteiger partial charge >= 0.3 is 0 Å². The van der Waals surface area contributed by atoms with Crippen LogP contribution in [0.5, 0.6) is 0 Å². The molecule has 13 heavy (non-hydrogen) atoms. The van der Waals surface area contributed by atoms with Crippen molar-refractivity contribution in [1.82, 2.24) is 0 Å². The highest BCUT2D eigenvalue weighted by Gasteiger charge is 2.52. The SMILES string of the molecule is C=Cc1cccc(C2CC2(Cl)Cl)c1. The van der Waals surface area contributed by atoms with Crippen LogP contribution >= 0.6 is 23.2 Å². The highest BCUT2D eigenvalue weighted by atomic mass is 35.5. The van der Waals surface area contributed by atoms with E-state index in [2.05, 4.69) is 18.7 Å². The molecule has 2 heteroatoms. The van der Waals surface area contributed by atoms with Gasteiger partial charge in [-0.15, -0.1) is 23.2 Å². The molecule has 0 nitrogen and oxygen atoms in total. The first-order valence-electron chi connectivity index (χ1n) is 4.24. The van der Waals surface area contributed by atoms with E-state index in [1.54, 1.807) is 0 Å². The largest absolute Gasteiger partial charge is 0.125 e. The number of halogens is 2. The van der Waals surface area contributed by atoms with E-state index in [4.69, 9.17) is 23.2 Å². The Kier molecular flexibility index (Phi) is 2.13. The maximum Gasteiger partial charge on any atom is 0.125 e. The number of alkyl halides is 2. The minimum absolute atomic E-state index is 0.302. The Balaban J connectivity index is 2.27. The Morgan fingerprint density at radius 2 is 2.15 bits per heavy atom. The topological polar surface area (TPSA) is 0 Å². The summed E-state index contributed by atoms with van der Waals surface area (Å²) in [6.07, 6.45) is 2.69. The summed E-state index contributed by atoms with van der Waals surface area (Å²) in [7, 11) is 0. The van der Waals surface area contributed by atoms with Crippen molar-refractivity contribution in [2.45, 2.75) is 16.7 Å². The highest BCUT2D eigenvalue weighted by Crippen LogP contribution is 2.59. The number of rotatable bonds is 2. The van der Waals surface area contributed by atoms with Crippen molar-refractivity contribution in [2.24, 2.45) is 0 Å². The molecule has 0 heterocycles. The van der Waals surface area contributed by atoms with Crippen LogP contribution in [0.1, 0.15) is 23.5 Å². The molecule has 1 fully saturated rings. The standard InChI is InChI=1S/C11H10Cl2/c1-2-8-4-3-5-9(6-8)10-7-11(10,12)13/h2-6,10H,1,7H2. The molecule has 1 aromatic rings. The van der Waals surface area contributed by atoms with Crippen molar-refractivity contribution in [3.63, 3.8) is 0 Å². The average molecular weight is 213 g/mol. The molecule has 0 amide bonds. The van der Waals surface area contributed by atoms with Crippen LogP contribution in [0.2, 0.25) is 0 Å². The normalized spacial score (nSPS) is 24.0. The summed E-state index contributed by atoms with van der Waals surface area (Å²) in [5, 5.41) is 0. The number of benzene rings is 1. The second-order valence-corrected chi connectivity index (χ2v) is 4.93. The lowest BCUT2D eigenvalue weighted by atomic mass is 10.1. The zero-order chi connectivity index (χ0) is 9.47. The number of hydrogen-bond donors (Lipinski definition) is 0. The molecule has 0 N–H and O–H groups in total. The molecule has 0 bridgehead atoms. The van der Waals surface area contributed by atoms with E-state index < -0.39 is 4.33 Å². The maximum absolute atomic E-state index is 5.98. The number of hydrogen-bond acceptors (Lipinski definition) is 0. The molecule has 0 radical (unpaired) electrons. The van der Waals surface area contributed by atoms with Crippen molar-refractivity contribution in [3.05, 3.63) is 42.0 Å². The first-order chi connectivity index (χ1) is 6.13. The predicted molar refractivity (Wildman–Crippen MR) is 58.3 cm³/mol. The Morgan fingerprint density at radius 1 is 1.46 bits per heavy atom. The molecular formula is C11H10Cl2. The molecule has 0 aliphatic heterocycles. The van der Waals surface area contributed by atoms with Gasteiger partial charge in [-0.2, -0.15) is 0 Å². The van der Waals surface area contributed by atoms with Crippen LogP contribution in [0.3, 0.4) is 0 Å². The van der Waals surface area contributed by atoms with Crippen LogP contribution in [0.4, 0.5) is 0 Å². The van der Waals surface area contributed by atoms with Crippen molar-refractivity contribution in [2.75, 3.05) is 0 Å². The lowest BCUT2D eigenvalue weighted by molar-refractivity contribution is 1.10. The third-order valence-electron chi connectivity index (χ3n) is 2.37. The van der Waals surface area contributed by atoms with Crippen molar-refractivity contribution >= 4 is 29.3 Å². The Labute approximate surface area is 88.2 Å². The fourth-order valence-corrected chi connectivity index (χ4v) is 2.04. The van der Waals surface area contributed by atoms with Gasteiger partial charge in [0, 0.05) is 5.92 Å². The van der Waals surface area contributed by atoms with Gasteiger partial charge in [0.25, 0.3) is 0 Å². The van der Waals surface area contributed by atoms with E-state index in [9.17, 15) is 0 Å². The van der Waals surface area contributed by atoms with Crippen molar-refractivity contribution in [1.29, 1.82) is 0 Å². The lowest BCUT2D eigenvalue weighted by Gasteiger charge is -2.01. The van der Waals surface area contributed by atoms with Gasteiger partial charge in [-0.3, -0.25) is 0 Å². The zero-order valence-corrected chi connectivity index (χ0v) is 8.65. The highest BCUT2D eigenvalue weighted by molar-refractivity contribution is 6.51. The second kappa shape index (κ2) is 3.04. The van der Waals surface area contributed by atoms with Gasteiger partial charge in [0.15, 0.2) is 0 Å². The quantitative estimate of drug-likeness (QED) is 0.651. The van der Waals surface area contributed by atoms with Gasteiger partial charge in [-0.1, -0.05) is 36.9 Å². The summed E-state index contributed by atoms with van der Waals surface area (Å²) in [6, 6.07) is 8.17. The summed E-state index contributed by atoms with van der Waals surface area (Å²) in [5.41, 5.74) is 2.33. The minimum Gasteiger partial charge on any atom is -0.101 e. The Hall–Kier alpha value is -0.460. The molecule has 1 unspecified atom stereocenters. The molecule has 0 saturated heterocycles. The Morgan fingerprint density at radius 3 is 2.69 bits per heavy atom. The van der Waals surface area contributed by atoms with Crippen molar-refractivity contribution in [3.8, 4) is 0 Å². The van der Waals surface area contributed by atoms with E-state index in [1.807, 2.05) is 18.2 Å². The summed E-state index contributed by atoms with van der Waals surface area (Å²) in [6.45, 7) is 3.72. The molecular weight excluding hydrogens is 203 g/mol. The van der Waals surface area contributed by atoms with Gasteiger partial charge in [0.2, 0.25) is 0 Å². The summed E-state index contributed by atoms with van der Waals surface area (Å²) in [5.74, 6) is 0.302. The van der Waals surface area contributed by atoms with Crippen LogP contribution < -0.4 is 0 Å². The molecule has 1 atom stereocenters. The maximum atomic E-state index is 5.98. The molecule has 1 aliphatic rings. The smallest absolute Gasteiger partial charge is 0.101 e. The monoisotopic (exact) mass is 212 g/mol. The summed E-state index contributed by atoms with van der Waals surface area (Å²) < 4.78 is -0.528. The minimum atomic E-state index is -0.528. The van der Waals surface area contributed by atoms with Crippen molar-refractivity contribution < 1.29 is 0 Å². The van der Waals surface area contributed by atoms with Gasteiger partial charge in [0.1, 0.15) is 4.33 Å². The fraction of sp³-hybridized carbons (Fsp3) is 0.273. The van der Waals surface area contributed by atoms with E-state index in [0.29, 0.717) is 5.92 Å². The van der Waals surface area contributed by atoms with Gasteiger partial charge in [0.05, 0.1) is 0 Å². The third kappa shape index (κ3) is 1.74. The van der Waals surface area contributed by atoms with Gasteiger partial charge in [-0.25, -0.2) is 0 Å². The summed E-state index contributed by atoms with van der Waals surface area (Å²) >= 11 is 12.0. The van der Waals surface area contributed by atoms with Crippen LogP contribution in [-0.2, 0) is 0 Å². The molecule has 68 valence electrons. The van der Waals surface area contributed by atoms with Crippen LogP contribution in [0, 0.1) is 0 Å². The Bertz CT molecular complexity index is 342. The van der Waals surface area contributed by atoms with Crippen LogP contribution in [0.25, 0.3) is 6.08 Å². The molecule has 2 rings (SSSR count). The third-order valence-corrected chi connectivity index (χ3v) is 3.21. The van der Waals surface area contributed by atoms with E-state index in [1.165, 1.54) is 5.56 Å². The molecule has 0 spiro atoms. The fourth-order valence-electron chi connectivity index (χ4n) is 1.48. The first-order valence-corrected chi connectivity index (χ1v) is 4.99. The molecule has 0 aromatic heterocycles. The average Bonchev–Trinajstić information content (AvgIpc) is 2.76. The summed E-state index contributed by atoms with van der Waals surface area (Å²) in [4.78, 5) is 0. The van der Waals surface area contributed by atoms with Gasteiger partial charge < -0.3 is 0 Å². The van der Waals surface area contributed by atoms with Gasteiger partial charge in [-0.05, 0) is 17.5 Å². The lowest BCUT2D eigenvalue weighted by Crippen LogP contribution is -1.89. The second-order valence-electron chi connectivity index (χ2n) is 3.39. The molecule has 1 aromatic carbocycles. The van der Waals surface area contributed by atoms with E-state index in [-0.39, 0.29) is 0 Å². The van der Waals surface area contributed by atoms with E-state index in [0.717, 1.165) is 12.0 Å². The first kappa shape index (κ1) is 9.11.